The average Bonchev–Trinajstić information content (AvgIpc) is 2.49. The van der Waals surface area contributed by atoms with E-state index in [-0.39, 0.29) is 28.0 Å². The molecule has 0 aliphatic heterocycles. The van der Waals surface area contributed by atoms with Crippen molar-refractivity contribution in [3.05, 3.63) is 52.3 Å². The second kappa shape index (κ2) is 7.24. The molecule has 0 saturated heterocycles. The summed E-state index contributed by atoms with van der Waals surface area (Å²) in [5.74, 6) is -0.368. The number of esters is 1. The van der Waals surface area contributed by atoms with Gasteiger partial charge in [-0.1, -0.05) is 30.1 Å². The fraction of sp³-hybridized carbons (Fsp3) is 0.133. The number of carbonyl (C=O) groups is 2. The zero-order valence-corrected chi connectivity index (χ0v) is 13.1. The Balaban J connectivity index is 2.11. The lowest BCUT2D eigenvalue weighted by molar-refractivity contribution is -0.134. The quantitative estimate of drug-likeness (QED) is 0.676. The van der Waals surface area contributed by atoms with Gasteiger partial charge in [-0.3, -0.25) is 14.6 Å². The maximum Gasteiger partial charge on any atom is 0.310 e. The lowest BCUT2D eigenvalue weighted by Gasteiger charge is -2.09. The number of halogens is 2. The van der Waals surface area contributed by atoms with Gasteiger partial charge in [-0.15, -0.1) is 0 Å². The molecule has 0 bridgehead atoms. The van der Waals surface area contributed by atoms with Gasteiger partial charge in [0.1, 0.15) is 5.75 Å². The number of hydrogen-bond acceptors (Lipinski definition) is 4. The van der Waals surface area contributed by atoms with E-state index in [0.29, 0.717) is 11.4 Å². The molecule has 0 aliphatic carbocycles. The molecule has 0 unspecified atom stereocenters. The third-order valence-corrected chi connectivity index (χ3v) is 3.29. The highest BCUT2D eigenvalue weighted by atomic mass is 35.5. The number of pyridine rings is 1. The first kappa shape index (κ1) is 16.3. The van der Waals surface area contributed by atoms with Crippen molar-refractivity contribution in [2.24, 2.45) is 0 Å². The molecular weight excluding hydrogens is 327 g/mol. The van der Waals surface area contributed by atoms with Crippen LogP contribution in [0.15, 0.2) is 36.7 Å². The van der Waals surface area contributed by atoms with Crippen molar-refractivity contribution in [2.75, 3.05) is 5.32 Å². The predicted molar refractivity (Wildman–Crippen MR) is 84.6 cm³/mol. The monoisotopic (exact) mass is 338 g/mol. The number of anilines is 1. The van der Waals surface area contributed by atoms with Crippen molar-refractivity contribution >= 4 is 40.8 Å². The van der Waals surface area contributed by atoms with E-state index in [1.54, 1.807) is 31.2 Å². The number of ether oxygens (including phenoxy) is 1. The van der Waals surface area contributed by atoms with E-state index in [9.17, 15) is 9.59 Å². The van der Waals surface area contributed by atoms with Gasteiger partial charge in [-0.2, -0.15) is 0 Å². The van der Waals surface area contributed by atoms with Crippen LogP contribution in [0, 0.1) is 0 Å². The first-order valence-corrected chi connectivity index (χ1v) is 7.18. The number of aromatic nitrogens is 1. The standard InChI is InChI=1S/C15H12Cl2N2O3/c1-2-13(20)22-10-5-3-9(4-6-10)19-15(21)14-11(16)7-18-8-12(14)17/h3-8H,2H2,1H3,(H,19,21). The van der Waals surface area contributed by atoms with Crippen LogP contribution in [0.2, 0.25) is 10.0 Å². The average molecular weight is 339 g/mol. The van der Waals surface area contributed by atoms with Crippen molar-refractivity contribution in [3.8, 4) is 5.75 Å². The van der Waals surface area contributed by atoms with Crippen LogP contribution in [0.4, 0.5) is 5.69 Å². The van der Waals surface area contributed by atoms with Gasteiger partial charge >= 0.3 is 5.97 Å². The van der Waals surface area contributed by atoms with Gasteiger partial charge < -0.3 is 10.1 Å². The zero-order valence-electron chi connectivity index (χ0n) is 11.6. The molecule has 1 aromatic heterocycles. The van der Waals surface area contributed by atoms with Gasteiger partial charge in [-0.25, -0.2) is 0 Å². The summed E-state index contributed by atoms with van der Waals surface area (Å²) in [7, 11) is 0. The number of amides is 1. The summed E-state index contributed by atoms with van der Waals surface area (Å²) >= 11 is 11.8. The van der Waals surface area contributed by atoms with Gasteiger partial charge in [0, 0.05) is 24.5 Å². The third-order valence-electron chi connectivity index (χ3n) is 2.71. The lowest BCUT2D eigenvalue weighted by Crippen LogP contribution is -2.13. The number of rotatable bonds is 4. The molecule has 0 spiro atoms. The van der Waals surface area contributed by atoms with Gasteiger partial charge in [0.2, 0.25) is 0 Å². The Hall–Kier alpha value is -2.11. The van der Waals surface area contributed by atoms with Crippen LogP contribution >= 0.6 is 23.2 Å². The first-order valence-electron chi connectivity index (χ1n) is 6.42. The molecule has 0 aliphatic rings. The van der Waals surface area contributed by atoms with E-state index in [2.05, 4.69) is 10.3 Å². The highest BCUT2D eigenvalue weighted by molar-refractivity contribution is 6.40. The van der Waals surface area contributed by atoms with Crippen LogP contribution in [0.3, 0.4) is 0 Å². The maximum atomic E-state index is 12.2. The minimum Gasteiger partial charge on any atom is -0.427 e. The van der Waals surface area contributed by atoms with Gasteiger partial charge in [0.05, 0.1) is 15.6 Å². The van der Waals surface area contributed by atoms with Crippen LogP contribution in [-0.2, 0) is 4.79 Å². The predicted octanol–water partition coefficient (Wildman–Crippen LogP) is 3.96. The Kier molecular flexibility index (Phi) is 5.35. The van der Waals surface area contributed by atoms with Crippen molar-refractivity contribution < 1.29 is 14.3 Å². The summed E-state index contributed by atoms with van der Waals surface area (Å²) in [6.45, 7) is 1.71. The summed E-state index contributed by atoms with van der Waals surface area (Å²) < 4.78 is 5.04. The fourth-order valence-corrected chi connectivity index (χ4v) is 2.17. The Morgan fingerprint density at radius 1 is 1.14 bits per heavy atom. The van der Waals surface area contributed by atoms with E-state index in [0.717, 1.165) is 0 Å². The summed E-state index contributed by atoms with van der Waals surface area (Å²) in [5, 5.41) is 2.99. The topological polar surface area (TPSA) is 68.3 Å². The number of hydrogen-bond donors (Lipinski definition) is 1. The van der Waals surface area contributed by atoms with E-state index in [4.69, 9.17) is 27.9 Å². The molecule has 0 radical (unpaired) electrons. The summed E-state index contributed by atoms with van der Waals surface area (Å²) in [6.07, 6.45) is 2.98. The molecule has 22 heavy (non-hydrogen) atoms. The third kappa shape index (κ3) is 3.96. The minimum atomic E-state index is -0.448. The number of benzene rings is 1. The smallest absolute Gasteiger partial charge is 0.310 e. The molecule has 2 aromatic rings. The van der Waals surface area contributed by atoms with Crippen molar-refractivity contribution in [1.82, 2.24) is 4.98 Å². The SMILES string of the molecule is CCC(=O)Oc1ccc(NC(=O)c2c(Cl)cncc2Cl)cc1. The number of carbonyl (C=O) groups excluding carboxylic acids is 2. The van der Waals surface area contributed by atoms with Crippen molar-refractivity contribution in [3.63, 3.8) is 0 Å². The Labute approximate surface area is 137 Å². The minimum absolute atomic E-state index is 0.153. The molecule has 1 heterocycles. The van der Waals surface area contributed by atoms with Gasteiger partial charge in [0.15, 0.2) is 0 Å². The van der Waals surface area contributed by atoms with Crippen LogP contribution in [0.25, 0.3) is 0 Å². The Bertz CT molecular complexity index is 682. The van der Waals surface area contributed by atoms with Crippen LogP contribution in [0.5, 0.6) is 5.75 Å². The molecule has 1 N–H and O–H groups in total. The molecule has 7 heteroatoms. The van der Waals surface area contributed by atoms with Crippen molar-refractivity contribution in [1.29, 1.82) is 0 Å². The molecule has 1 aromatic carbocycles. The van der Waals surface area contributed by atoms with E-state index < -0.39 is 5.91 Å². The van der Waals surface area contributed by atoms with Gasteiger partial charge in [-0.05, 0) is 24.3 Å². The molecule has 0 fully saturated rings. The second-order valence-electron chi connectivity index (χ2n) is 4.28. The van der Waals surface area contributed by atoms with E-state index in [1.165, 1.54) is 12.4 Å². The summed E-state index contributed by atoms with van der Waals surface area (Å²) in [6, 6.07) is 6.39. The van der Waals surface area contributed by atoms with E-state index >= 15 is 0 Å². The molecule has 0 saturated carbocycles. The molecule has 114 valence electrons. The zero-order chi connectivity index (χ0) is 16.1. The van der Waals surface area contributed by atoms with Gasteiger partial charge in [0.25, 0.3) is 5.91 Å². The van der Waals surface area contributed by atoms with Crippen LogP contribution < -0.4 is 10.1 Å². The fourth-order valence-electron chi connectivity index (χ4n) is 1.63. The molecule has 0 atom stereocenters. The van der Waals surface area contributed by atoms with E-state index in [1.807, 2.05) is 0 Å². The maximum absolute atomic E-state index is 12.2. The molecule has 5 nitrogen and oxygen atoms in total. The molecule has 1 amide bonds. The lowest BCUT2D eigenvalue weighted by atomic mass is 10.2. The molecule has 2 rings (SSSR count). The second-order valence-corrected chi connectivity index (χ2v) is 5.10. The highest BCUT2D eigenvalue weighted by Gasteiger charge is 2.15. The number of nitrogens with zero attached hydrogens (tertiary/aromatic N) is 1. The summed E-state index contributed by atoms with van der Waals surface area (Å²) in [5.41, 5.74) is 0.671. The van der Waals surface area contributed by atoms with Crippen LogP contribution in [-0.4, -0.2) is 16.9 Å². The molecular formula is C15H12Cl2N2O3. The van der Waals surface area contributed by atoms with Crippen LogP contribution in [0.1, 0.15) is 23.7 Å². The highest BCUT2D eigenvalue weighted by Crippen LogP contribution is 2.24. The van der Waals surface area contributed by atoms with Crippen molar-refractivity contribution in [2.45, 2.75) is 13.3 Å². The number of nitrogens with one attached hydrogen (secondary N) is 1. The normalized spacial score (nSPS) is 10.1. The summed E-state index contributed by atoms with van der Waals surface area (Å²) in [4.78, 5) is 27.1. The Morgan fingerprint density at radius 2 is 1.73 bits per heavy atom. The first-order chi connectivity index (χ1) is 10.5. The Morgan fingerprint density at radius 3 is 2.27 bits per heavy atom. The largest absolute Gasteiger partial charge is 0.427 e.